The van der Waals surface area contributed by atoms with Crippen molar-refractivity contribution in [2.75, 3.05) is 11.9 Å². The van der Waals surface area contributed by atoms with Crippen molar-refractivity contribution in [3.05, 3.63) is 28.4 Å². The molecule has 0 aliphatic rings. The summed E-state index contributed by atoms with van der Waals surface area (Å²) in [5.41, 5.74) is 0.719. The summed E-state index contributed by atoms with van der Waals surface area (Å²) in [6, 6.07) is 2.95. The van der Waals surface area contributed by atoms with Gasteiger partial charge in [0.2, 0.25) is 0 Å². The van der Waals surface area contributed by atoms with Gasteiger partial charge in [0.1, 0.15) is 0 Å². The van der Waals surface area contributed by atoms with Gasteiger partial charge >= 0.3 is 11.8 Å². The maximum atomic E-state index is 10.4. The number of carboxylic acids is 1. The SMILES string of the molecule is CC(CCNc1ccc([N+](=O)[O-])nc1)CCC(=O)O. The maximum absolute atomic E-state index is 10.4. The van der Waals surface area contributed by atoms with Crippen molar-refractivity contribution < 1.29 is 14.8 Å². The first-order valence-corrected chi connectivity index (χ1v) is 6.05. The fourth-order valence-electron chi connectivity index (χ4n) is 1.58. The van der Waals surface area contributed by atoms with Crippen LogP contribution in [0, 0.1) is 16.0 Å². The molecule has 0 amide bonds. The third kappa shape index (κ3) is 5.80. The predicted octanol–water partition coefficient (Wildman–Crippen LogP) is 2.29. The van der Waals surface area contributed by atoms with Gasteiger partial charge in [-0.3, -0.25) is 4.79 Å². The lowest BCUT2D eigenvalue weighted by Gasteiger charge is -2.10. The summed E-state index contributed by atoms with van der Waals surface area (Å²) in [4.78, 5) is 24.0. The van der Waals surface area contributed by atoms with E-state index in [4.69, 9.17) is 5.11 Å². The Balaban J connectivity index is 2.29. The number of hydrogen-bond donors (Lipinski definition) is 2. The third-order valence-corrected chi connectivity index (χ3v) is 2.75. The number of pyridine rings is 1. The van der Waals surface area contributed by atoms with Crippen LogP contribution in [0.1, 0.15) is 26.2 Å². The van der Waals surface area contributed by atoms with Crippen LogP contribution < -0.4 is 5.32 Å². The van der Waals surface area contributed by atoms with Gasteiger partial charge in [-0.2, -0.15) is 0 Å². The van der Waals surface area contributed by atoms with Crippen molar-refractivity contribution in [2.45, 2.75) is 26.2 Å². The number of hydrogen-bond acceptors (Lipinski definition) is 5. The maximum Gasteiger partial charge on any atom is 0.363 e. The number of rotatable bonds is 8. The average Bonchev–Trinajstić information content (AvgIpc) is 2.37. The van der Waals surface area contributed by atoms with Crippen LogP contribution in [-0.4, -0.2) is 27.5 Å². The van der Waals surface area contributed by atoms with Crippen molar-refractivity contribution in [3.8, 4) is 0 Å². The first kappa shape index (κ1) is 14.9. The fraction of sp³-hybridized carbons (Fsp3) is 0.500. The molecule has 104 valence electrons. The van der Waals surface area contributed by atoms with E-state index in [1.807, 2.05) is 6.92 Å². The Morgan fingerprint density at radius 1 is 1.53 bits per heavy atom. The number of carbonyl (C=O) groups is 1. The lowest BCUT2D eigenvalue weighted by molar-refractivity contribution is -0.389. The fourth-order valence-corrected chi connectivity index (χ4v) is 1.58. The number of nitrogens with one attached hydrogen (secondary N) is 1. The molecule has 0 aromatic carbocycles. The largest absolute Gasteiger partial charge is 0.481 e. The van der Waals surface area contributed by atoms with Crippen molar-refractivity contribution in [2.24, 2.45) is 5.92 Å². The predicted molar refractivity (Wildman–Crippen MR) is 70.0 cm³/mol. The molecule has 0 spiro atoms. The lowest BCUT2D eigenvalue weighted by Crippen LogP contribution is -2.08. The Morgan fingerprint density at radius 2 is 2.26 bits per heavy atom. The Kier molecular flexibility index (Phi) is 5.72. The zero-order chi connectivity index (χ0) is 14.3. The Bertz CT molecular complexity index is 433. The van der Waals surface area contributed by atoms with E-state index < -0.39 is 10.9 Å². The van der Waals surface area contributed by atoms with Gasteiger partial charge in [-0.1, -0.05) is 6.92 Å². The van der Waals surface area contributed by atoms with Crippen LogP contribution in [0.4, 0.5) is 11.5 Å². The van der Waals surface area contributed by atoms with Crippen LogP contribution >= 0.6 is 0 Å². The van der Waals surface area contributed by atoms with E-state index in [1.165, 1.54) is 12.3 Å². The topological polar surface area (TPSA) is 105 Å². The minimum absolute atomic E-state index is 0.180. The van der Waals surface area contributed by atoms with Gasteiger partial charge < -0.3 is 20.5 Å². The van der Waals surface area contributed by atoms with Gasteiger partial charge in [-0.25, -0.2) is 0 Å². The summed E-state index contributed by atoms with van der Waals surface area (Å²) >= 11 is 0. The molecular formula is C12H17N3O4. The summed E-state index contributed by atoms with van der Waals surface area (Å²) in [5.74, 6) is -0.644. The Labute approximate surface area is 110 Å². The van der Waals surface area contributed by atoms with Gasteiger partial charge in [0.15, 0.2) is 6.20 Å². The highest BCUT2D eigenvalue weighted by Crippen LogP contribution is 2.13. The van der Waals surface area contributed by atoms with E-state index in [2.05, 4.69) is 10.3 Å². The smallest absolute Gasteiger partial charge is 0.363 e. The third-order valence-electron chi connectivity index (χ3n) is 2.75. The summed E-state index contributed by atoms with van der Waals surface area (Å²) in [6.07, 6.45) is 3.08. The van der Waals surface area contributed by atoms with E-state index in [1.54, 1.807) is 6.07 Å². The molecule has 0 aliphatic heterocycles. The number of anilines is 1. The molecule has 1 aromatic heterocycles. The lowest BCUT2D eigenvalue weighted by atomic mass is 10.0. The average molecular weight is 267 g/mol. The Morgan fingerprint density at radius 3 is 2.79 bits per heavy atom. The van der Waals surface area contributed by atoms with Crippen LogP contribution in [0.2, 0.25) is 0 Å². The molecule has 0 saturated carbocycles. The molecule has 1 heterocycles. The van der Waals surface area contributed by atoms with Gasteiger partial charge in [-0.15, -0.1) is 0 Å². The zero-order valence-electron chi connectivity index (χ0n) is 10.7. The molecule has 7 nitrogen and oxygen atoms in total. The molecule has 0 saturated heterocycles. The van der Waals surface area contributed by atoms with E-state index in [-0.39, 0.29) is 12.2 Å². The second-order valence-electron chi connectivity index (χ2n) is 4.42. The first-order valence-electron chi connectivity index (χ1n) is 6.05. The van der Waals surface area contributed by atoms with Crippen LogP contribution in [0.15, 0.2) is 18.3 Å². The van der Waals surface area contributed by atoms with E-state index >= 15 is 0 Å². The normalized spacial score (nSPS) is 11.8. The minimum Gasteiger partial charge on any atom is -0.481 e. The van der Waals surface area contributed by atoms with Crippen LogP contribution in [0.3, 0.4) is 0 Å². The highest BCUT2D eigenvalue weighted by atomic mass is 16.6. The number of aromatic nitrogens is 1. The van der Waals surface area contributed by atoms with Gasteiger partial charge in [0, 0.05) is 19.0 Å². The summed E-state index contributed by atoms with van der Waals surface area (Å²) < 4.78 is 0. The van der Waals surface area contributed by atoms with Crippen LogP contribution in [-0.2, 0) is 4.79 Å². The number of nitrogens with zero attached hydrogens (tertiary/aromatic N) is 2. The molecule has 1 aromatic rings. The Hall–Kier alpha value is -2.18. The number of carboxylic acid groups (broad SMARTS) is 1. The van der Waals surface area contributed by atoms with Gasteiger partial charge in [0.25, 0.3) is 0 Å². The van der Waals surface area contributed by atoms with Crippen molar-refractivity contribution >= 4 is 17.5 Å². The second-order valence-corrected chi connectivity index (χ2v) is 4.42. The molecule has 0 fully saturated rings. The van der Waals surface area contributed by atoms with E-state index in [0.717, 1.165) is 12.1 Å². The highest BCUT2D eigenvalue weighted by Gasteiger charge is 2.07. The van der Waals surface area contributed by atoms with Crippen LogP contribution in [0.5, 0.6) is 0 Å². The molecule has 0 aliphatic carbocycles. The highest BCUT2D eigenvalue weighted by molar-refractivity contribution is 5.66. The van der Waals surface area contributed by atoms with Crippen molar-refractivity contribution in [1.29, 1.82) is 0 Å². The minimum atomic E-state index is -0.778. The molecule has 1 atom stereocenters. The van der Waals surface area contributed by atoms with E-state index in [9.17, 15) is 14.9 Å². The van der Waals surface area contributed by atoms with Crippen LogP contribution in [0.25, 0.3) is 0 Å². The molecule has 1 unspecified atom stereocenters. The second kappa shape index (κ2) is 7.30. The molecular weight excluding hydrogens is 250 g/mol. The molecule has 7 heteroatoms. The number of nitro groups is 1. The molecule has 0 radical (unpaired) electrons. The zero-order valence-corrected chi connectivity index (χ0v) is 10.7. The van der Waals surface area contributed by atoms with Crippen molar-refractivity contribution in [1.82, 2.24) is 4.98 Å². The molecule has 2 N–H and O–H groups in total. The van der Waals surface area contributed by atoms with E-state index in [0.29, 0.717) is 18.9 Å². The summed E-state index contributed by atoms with van der Waals surface area (Å²) in [7, 11) is 0. The van der Waals surface area contributed by atoms with Gasteiger partial charge in [0.05, 0.1) is 5.69 Å². The van der Waals surface area contributed by atoms with Crippen molar-refractivity contribution in [3.63, 3.8) is 0 Å². The monoisotopic (exact) mass is 267 g/mol. The quantitative estimate of drug-likeness (QED) is 0.553. The first-order chi connectivity index (χ1) is 8.99. The molecule has 0 bridgehead atoms. The summed E-state index contributed by atoms with van der Waals surface area (Å²) in [5, 5.41) is 22.1. The molecule has 1 rings (SSSR count). The molecule has 19 heavy (non-hydrogen) atoms. The summed E-state index contributed by atoms with van der Waals surface area (Å²) in [6.45, 7) is 2.68. The van der Waals surface area contributed by atoms with Gasteiger partial charge in [-0.05, 0) is 34.7 Å². The number of aliphatic carboxylic acids is 1. The standard InChI is InChI=1S/C12H17N3O4/c1-9(2-5-12(16)17)6-7-13-10-3-4-11(14-8-10)15(18)19/h3-4,8-9,13H,2,5-7H2,1H3,(H,16,17).